The number of fused-ring (bicyclic) bond motifs is 2. The molecule has 3 aromatic rings. The molecule has 2 aliphatic carbocycles. The second-order valence-corrected chi connectivity index (χ2v) is 20.2. The summed E-state index contributed by atoms with van der Waals surface area (Å²) < 4.78 is 0. The minimum Gasteiger partial charge on any atom is -0.0587 e. The molecule has 0 amide bonds. The Kier molecular flexibility index (Phi) is 13.6. The van der Waals surface area contributed by atoms with Crippen LogP contribution in [-0.2, 0) is 41.9 Å². The summed E-state index contributed by atoms with van der Waals surface area (Å²) in [5.41, 5.74) is 21.3. The van der Waals surface area contributed by atoms with Gasteiger partial charge < -0.3 is 0 Å². The molecule has 0 aliphatic heterocycles. The summed E-state index contributed by atoms with van der Waals surface area (Å²) in [4.78, 5) is 0. The standard InChI is InChI=1S/2C17H28.C16H22/c2*1-11(2)14-9-13(5)10-15(12(3)4)16(14)17(6,7)8;1-16(2,3)15-13-8-4-6-11(13)10-12-7-5-9-14(12)15/h2*9-12H,1-8H3;10H,4-9H2,1-3H3. The van der Waals surface area contributed by atoms with Crippen molar-refractivity contribution in [3.8, 4) is 0 Å². The fourth-order valence-electron chi connectivity index (χ4n) is 8.96. The van der Waals surface area contributed by atoms with Crippen LogP contribution in [0.5, 0.6) is 0 Å². The third kappa shape index (κ3) is 9.95. The summed E-state index contributed by atoms with van der Waals surface area (Å²) in [6, 6.07) is 12.0. The minimum atomic E-state index is 0.229. The van der Waals surface area contributed by atoms with Crippen LogP contribution in [0.3, 0.4) is 0 Å². The van der Waals surface area contributed by atoms with E-state index in [1.54, 1.807) is 38.9 Å². The largest absolute Gasteiger partial charge is 0.0587 e. The van der Waals surface area contributed by atoms with Crippen LogP contribution in [0.2, 0.25) is 0 Å². The maximum absolute atomic E-state index is 2.53. The molecular formula is C50H78. The zero-order valence-electron chi connectivity index (χ0n) is 36.4. The van der Waals surface area contributed by atoms with Gasteiger partial charge in [-0.2, -0.15) is 0 Å². The fourth-order valence-corrected chi connectivity index (χ4v) is 8.96. The number of hydrogen-bond donors (Lipinski definition) is 0. The Balaban J connectivity index is 0.000000203. The van der Waals surface area contributed by atoms with Gasteiger partial charge in [0, 0.05) is 0 Å². The molecule has 0 saturated carbocycles. The van der Waals surface area contributed by atoms with Crippen LogP contribution in [0.15, 0.2) is 30.3 Å². The molecule has 0 unspecified atom stereocenters. The van der Waals surface area contributed by atoms with Crippen molar-refractivity contribution in [2.24, 2.45) is 0 Å². The lowest BCUT2D eigenvalue weighted by Crippen LogP contribution is -2.19. The van der Waals surface area contributed by atoms with E-state index in [2.05, 4.69) is 162 Å². The minimum absolute atomic E-state index is 0.229. The Hall–Kier alpha value is -2.34. The molecular weight excluding hydrogens is 601 g/mol. The first-order valence-corrected chi connectivity index (χ1v) is 20.3. The molecule has 0 bridgehead atoms. The molecule has 0 heterocycles. The highest BCUT2D eigenvalue weighted by molar-refractivity contribution is 5.53. The van der Waals surface area contributed by atoms with Gasteiger partial charge in [-0.15, -0.1) is 0 Å². The third-order valence-electron chi connectivity index (χ3n) is 10.9. The smallest absolute Gasteiger partial charge is 0.0126 e. The van der Waals surface area contributed by atoms with Gasteiger partial charge in [-0.25, -0.2) is 0 Å². The summed E-state index contributed by atoms with van der Waals surface area (Å²) in [6.07, 6.45) is 8.06. The molecule has 0 aromatic heterocycles. The molecule has 278 valence electrons. The molecule has 0 atom stereocenters. The Morgan fingerprint density at radius 2 is 0.640 bits per heavy atom. The fraction of sp³-hybridized carbons (Fsp3) is 0.640. The van der Waals surface area contributed by atoms with Crippen LogP contribution in [0.1, 0.15) is 227 Å². The Morgan fingerprint density at radius 1 is 0.380 bits per heavy atom. The predicted octanol–water partition coefficient (Wildman–Crippen LogP) is 15.0. The summed E-state index contributed by atoms with van der Waals surface area (Å²) in [7, 11) is 0. The normalized spacial score (nSPS) is 14.5. The topological polar surface area (TPSA) is 0 Å². The monoisotopic (exact) mass is 679 g/mol. The number of benzene rings is 3. The van der Waals surface area contributed by atoms with Crippen LogP contribution in [0.25, 0.3) is 0 Å². The van der Waals surface area contributed by atoms with E-state index in [9.17, 15) is 0 Å². The van der Waals surface area contributed by atoms with Gasteiger partial charge in [0.1, 0.15) is 0 Å². The van der Waals surface area contributed by atoms with Crippen molar-refractivity contribution in [3.05, 3.63) is 103 Å². The second kappa shape index (κ2) is 16.1. The molecule has 0 spiro atoms. The summed E-state index contributed by atoms with van der Waals surface area (Å²) in [5, 5.41) is 0. The van der Waals surface area contributed by atoms with Crippen molar-refractivity contribution in [3.63, 3.8) is 0 Å². The van der Waals surface area contributed by atoms with Crippen molar-refractivity contribution in [1.82, 2.24) is 0 Å². The third-order valence-corrected chi connectivity index (χ3v) is 10.9. The van der Waals surface area contributed by atoms with Gasteiger partial charge in [0.15, 0.2) is 0 Å². The highest BCUT2D eigenvalue weighted by Gasteiger charge is 2.30. The summed E-state index contributed by atoms with van der Waals surface area (Å²) in [5.74, 6) is 2.39. The van der Waals surface area contributed by atoms with Crippen LogP contribution >= 0.6 is 0 Å². The highest BCUT2D eigenvalue weighted by atomic mass is 14.3. The van der Waals surface area contributed by atoms with Crippen LogP contribution < -0.4 is 0 Å². The first-order valence-electron chi connectivity index (χ1n) is 20.3. The SMILES string of the molecule is CC(C)(C)c1c2c(cc3c1CCC3)CCC2.Cc1cc(C(C)C)c(C(C)(C)C)c(C(C)C)c1.Cc1cc(C(C)C)c(C(C)(C)C)c(C(C)C)c1. The Bertz CT molecular complexity index is 1430. The average Bonchev–Trinajstić information content (AvgIpc) is 3.62. The van der Waals surface area contributed by atoms with Gasteiger partial charge in [0.05, 0.1) is 0 Å². The first-order chi connectivity index (χ1) is 22.9. The molecule has 2 aliphatic rings. The molecule has 50 heavy (non-hydrogen) atoms. The van der Waals surface area contributed by atoms with Gasteiger partial charge in [-0.1, -0.05) is 159 Å². The van der Waals surface area contributed by atoms with E-state index in [0.29, 0.717) is 29.1 Å². The van der Waals surface area contributed by atoms with Crippen molar-refractivity contribution < 1.29 is 0 Å². The van der Waals surface area contributed by atoms with E-state index in [-0.39, 0.29) is 10.8 Å². The molecule has 0 radical (unpaired) electrons. The maximum Gasteiger partial charge on any atom is -0.0126 e. The lowest BCUT2D eigenvalue weighted by Gasteiger charge is -2.30. The van der Waals surface area contributed by atoms with Gasteiger partial charge >= 0.3 is 0 Å². The number of aryl methyl sites for hydroxylation is 4. The second-order valence-electron chi connectivity index (χ2n) is 20.2. The van der Waals surface area contributed by atoms with E-state index in [1.165, 1.54) is 71.9 Å². The van der Waals surface area contributed by atoms with Gasteiger partial charge in [0.25, 0.3) is 0 Å². The number of hydrogen-bond acceptors (Lipinski definition) is 0. The zero-order chi connectivity index (χ0) is 38.1. The van der Waals surface area contributed by atoms with Crippen LogP contribution in [-0.4, -0.2) is 0 Å². The summed E-state index contributed by atoms with van der Waals surface area (Å²) >= 11 is 0. The average molecular weight is 679 g/mol. The quantitative estimate of drug-likeness (QED) is 0.258. The highest BCUT2D eigenvalue weighted by Crippen LogP contribution is 2.42. The molecule has 3 aromatic carbocycles. The maximum atomic E-state index is 2.53. The first kappa shape index (κ1) is 42.1. The Labute approximate surface area is 311 Å². The lowest BCUT2D eigenvalue weighted by atomic mass is 9.75. The van der Waals surface area contributed by atoms with E-state index in [1.807, 2.05) is 0 Å². The predicted molar refractivity (Wildman–Crippen MR) is 225 cm³/mol. The Morgan fingerprint density at radius 3 is 0.860 bits per heavy atom. The van der Waals surface area contributed by atoms with Crippen molar-refractivity contribution in [2.75, 3.05) is 0 Å². The van der Waals surface area contributed by atoms with Crippen LogP contribution in [0, 0.1) is 13.8 Å². The molecule has 0 N–H and O–H groups in total. The van der Waals surface area contributed by atoms with E-state index in [0.717, 1.165) is 0 Å². The van der Waals surface area contributed by atoms with E-state index in [4.69, 9.17) is 0 Å². The van der Waals surface area contributed by atoms with Crippen molar-refractivity contribution >= 4 is 0 Å². The molecule has 5 rings (SSSR count). The molecule has 0 heteroatoms. The summed E-state index contributed by atoms with van der Waals surface area (Å²) in [6.45, 7) is 44.0. The van der Waals surface area contributed by atoms with Crippen LogP contribution in [0.4, 0.5) is 0 Å². The van der Waals surface area contributed by atoms with Crippen molar-refractivity contribution in [1.29, 1.82) is 0 Å². The number of rotatable bonds is 4. The molecule has 0 saturated heterocycles. The van der Waals surface area contributed by atoms with Gasteiger partial charge in [0.2, 0.25) is 0 Å². The zero-order valence-corrected chi connectivity index (χ0v) is 36.4. The molecule has 0 nitrogen and oxygen atoms in total. The van der Waals surface area contributed by atoms with Crippen molar-refractivity contribution in [2.45, 2.75) is 210 Å². The lowest BCUT2D eigenvalue weighted by molar-refractivity contribution is 0.563. The molecule has 0 fully saturated rings. The van der Waals surface area contributed by atoms with E-state index >= 15 is 0 Å². The van der Waals surface area contributed by atoms with Gasteiger partial charge in [-0.05, 0) is 153 Å². The van der Waals surface area contributed by atoms with Gasteiger partial charge in [-0.3, -0.25) is 0 Å². The van der Waals surface area contributed by atoms with E-state index < -0.39 is 0 Å².